The molecule has 1 amide bonds. The number of carbonyl (C=O) groups excluding carboxylic acids is 1. The Labute approximate surface area is 142 Å². The van der Waals surface area contributed by atoms with E-state index < -0.39 is 0 Å². The van der Waals surface area contributed by atoms with Gasteiger partial charge in [-0.1, -0.05) is 12.1 Å². The van der Waals surface area contributed by atoms with Crippen LogP contribution >= 0.6 is 11.3 Å². The minimum atomic E-state index is 0.303. The number of amides is 1. The molecule has 1 aliphatic heterocycles. The molecular formula is C19H24N2OS. The maximum absolute atomic E-state index is 12.1. The molecule has 2 aromatic rings. The fraction of sp³-hybridized carbons (Fsp3) is 0.421. The summed E-state index contributed by atoms with van der Waals surface area (Å²) in [5.41, 5.74) is 2.36. The van der Waals surface area contributed by atoms with Gasteiger partial charge in [-0.25, -0.2) is 0 Å². The second-order valence-electron chi connectivity index (χ2n) is 6.15. The number of nitrogens with zero attached hydrogens (tertiary/aromatic N) is 1. The van der Waals surface area contributed by atoms with E-state index in [1.165, 1.54) is 15.3 Å². The molecule has 2 heterocycles. The predicted molar refractivity (Wildman–Crippen MR) is 97.0 cm³/mol. The van der Waals surface area contributed by atoms with Crippen LogP contribution < -0.4 is 5.32 Å². The summed E-state index contributed by atoms with van der Waals surface area (Å²) >= 11 is 1.83. The lowest BCUT2D eigenvalue weighted by molar-refractivity contribution is -0.130. The van der Waals surface area contributed by atoms with Crippen LogP contribution in [0.15, 0.2) is 36.4 Å². The maximum atomic E-state index is 12.1. The molecule has 23 heavy (non-hydrogen) atoms. The summed E-state index contributed by atoms with van der Waals surface area (Å²) in [7, 11) is 0. The second-order valence-corrected chi connectivity index (χ2v) is 7.52. The van der Waals surface area contributed by atoms with E-state index in [1.807, 2.05) is 16.2 Å². The Morgan fingerprint density at radius 2 is 1.87 bits per heavy atom. The van der Waals surface area contributed by atoms with Gasteiger partial charge in [-0.2, -0.15) is 0 Å². The highest BCUT2D eigenvalue weighted by molar-refractivity contribution is 7.11. The van der Waals surface area contributed by atoms with Crippen LogP contribution in [0.2, 0.25) is 0 Å². The average Bonchev–Trinajstić information content (AvgIpc) is 3.23. The van der Waals surface area contributed by atoms with E-state index in [1.54, 1.807) is 0 Å². The van der Waals surface area contributed by atoms with Gasteiger partial charge < -0.3 is 10.2 Å². The number of nitrogens with one attached hydrogen (secondary N) is 1. The Kier molecular flexibility index (Phi) is 5.34. The van der Waals surface area contributed by atoms with Crippen molar-refractivity contribution in [1.29, 1.82) is 0 Å². The van der Waals surface area contributed by atoms with Crippen LogP contribution in [-0.2, 0) is 17.8 Å². The molecule has 0 saturated carbocycles. The standard InChI is InChI=1S/C19H24N2OS/c1-15-4-10-18(23-15)14-20-17-8-5-16(6-9-17)7-11-19(22)21-12-2-3-13-21/h4-6,8-10,20H,2-3,7,11-14H2,1H3. The van der Waals surface area contributed by atoms with Crippen molar-refractivity contribution >= 4 is 22.9 Å². The van der Waals surface area contributed by atoms with Crippen LogP contribution in [0.25, 0.3) is 0 Å². The summed E-state index contributed by atoms with van der Waals surface area (Å²) in [6.45, 7) is 4.89. The lowest BCUT2D eigenvalue weighted by Crippen LogP contribution is -2.27. The van der Waals surface area contributed by atoms with Gasteiger partial charge in [0.2, 0.25) is 5.91 Å². The van der Waals surface area contributed by atoms with Crippen molar-refractivity contribution in [2.45, 2.75) is 39.2 Å². The van der Waals surface area contributed by atoms with Crippen molar-refractivity contribution in [2.24, 2.45) is 0 Å². The zero-order valence-electron chi connectivity index (χ0n) is 13.7. The number of aryl methyl sites for hydroxylation is 2. The number of thiophene rings is 1. The molecule has 0 bridgehead atoms. The van der Waals surface area contributed by atoms with Gasteiger partial charge >= 0.3 is 0 Å². The Morgan fingerprint density at radius 1 is 1.13 bits per heavy atom. The summed E-state index contributed by atoms with van der Waals surface area (Å²) < 4.78 is 0. The number of hydrogen-bond donors (Lipinski definition) is 1. The third-order valence-corrected chi connectivity index (χ3v) is 5.30. The normalized spacial score (nSPS) is 14.2. The van der Waals surface area contributed by atoms with Gasteiger partial charge in [0.05, 0.1) is 0 Å². The van der Waals surface area contributed by atoms with Crippen molar-refractivity contribution in [3.63, 3.8) is 0 Å². The molecule has 122 valence electrons. The molecule has 1 N–H and O–H groups in total. The highest BCUT2D eigenvalue weighted by Crippen LogP contribution is 2.18. The Balaban J connectivity index is 1.45. The van der Waals surface area contributed by atoms with E-state index in [4.69, 9.17) is 0 Å². The van der Waals surface area contributed by atoms with E-state index >= 15 is 0 Å². The first kappa shape index (κ1) is 16.1. The first-order valence-corrected chi connectivity index (χ1v) is 9.18. The zero-order valence-corrected chi connectivity index (χ0v) is 14.5. The number of rotatable bonds is 6. The molecule has 3 nitrogen and oxygen atoms in total. The molecule has 3 rings (SSSR count). The number of benzene rings is 1. The lowest BCUT2D eigenvalue weighted by atomic mass is 10.1. The zero-order chi connectivity index (χ0) is 16.1. The first-order chi connectivity index (χ1) is 11.2. The van der Waals surface area contributed by atoms with Gasteiger partial charge in [-0.15, -0.1) is 11.3 Å². The predicted octanol–water partition coefficient (Wildman–Crippen LogP) is 4.22. The third-order valence-electron chi connectivity index (χ3n) is 4.30. The first-order valence-electron chi connectivity index (χ1n) is 8.36. The average molecular weight is 328 g/mol. The molecule has 0 radical (unpaired) electrons. The van der Waals surface area contributed by atoms with Gasteiger partial charge in [-0.3, -0.25) is 4.79 Å². The molecule has 1 fully saturated rings. The molecule has 0 unspecified atom stereocenters. The smallest absolute Gasteiger partial charge is 0.222 e. The van der Waals surface area contributed by atoms with Crippen molar-refractivity contribution in [2.75, 3.05) is 18.4 Å². The van der Waals surface area contributed by atoms with Crippen LogP contribution in [0.1, 0.15) is 34.6 Å². The Bertz CT molecular complexity index is 642. The monoisotopic (exact) mass is 328 g/mol. The van der Waals surface area contributed by atoms with E-state index in [9.17, 15) is 4.79 Å². The van der Waals surface area contributed by atoms with E-state index in [-0.39, 0.29) is 0 Å². The molecule has 1 aromatic heterocycles. The van der Waals surface area contributed by atoms with E-state index in [2.05, 4.69) is 48.6 Å². The maximum Gasteiger partial charge on any atom is 0.222 e. The van der Waals surface area contributed by atoms with Crippen molar-refractivity contribution in [3.05, 3.63) is 51.7 Å². The number of likely N-dealkylation sites (tertiary alicyclic amines) is 1. The van der Waals surface area contributed by atoms with Crippen LogP contribution in [0.3, 0.4) is 0 Å². The Morgan fingerprint density at radius 3 is 2.52 bits per heavy atom. The Hall–Kier alpha value is -1.81. The highest BCUT2D eigenvalue weighted by atomic mass is 32.1. The second kappa shape index (κ2) is 7.64. The lowest BCUT2D eigenvalue weighted by Gasteiger charge is -2.15. The van der Waals surface area contributed by atoms with E-state index in [0.717, 1.165) is 44.6 Å². The van der Waals surface area contributed by atoms with Crippen molar-refractivity contribution in [1.82, 2.24) is 4.90 Å². The summed E-state index contributed by atoms with van der Waals surface area (Å²) in [6.07, 6.45) is 3.78. The summed E-state index contributed by atoms with van der Waals surface area (Å²) in [4.78, 5) is 16.8. The topological polar surface area (TPSA) is 32.3 Å². The minimum absolute atomic E-state index is 0.303. The summed E-state index contributed by atoms with van der Waals surface area (Å²) in [6, 6.07) is 12.8. The number of anilines is 1. The number of hydrogen-bond acceptors (Lipinski definition) is 3. The van der Waals surface area contributed by atoms with Gasteiger partial charge in [0.1, 0.15) is 0 Å². The quantitative estimate of drug-likeness (QED) is 0.861. The van der Waals surface area contributed by atoms with Crippen LogP contribution in [0.5, 0.6) is 0 Å². The van der Waals surface area contributed by atoms with E-state index in [0.29, 0.717) is 12.3 Å². The van der Waals surface area contributed by atoms with Crippen molar-refractivity contribution in [3.8, 4) is 0 Å². The van der Waals surface area contributed by atoms with Crippen LogP contribution in [0.4, 0.5) is 5.69 Å². The van der Waals surface area contributed by atoms with Gasteiger partial charge in [0.15, 0.2) is 0 Å². The van der Waals surface area contributed by atoms with Gasteiger partial charge in [-0.05, 0) is 56.0 Å². The molecule has 1 aliphatic rings. The third kappa shape index (κ3) is 4.58. The van der Waals surface area contributed by atoms with Crippen LogP contribution in [-0.4, -0.2) is 23.9 Å². The minimum Gasteiger partial charge on any atom is -0.380 e. The molecule has 0 spiro atoms. The fourth-order valence-electron chi connectivity index (χ4n) is 2.93. The number of carbonyl (C=O) groups is 1. The van der Waals surface area contributed by atoms with Gasteiger partial charge in [0.25, 0.3) is 0 Å². The fourth-order valence-corrected chi connectivity index (χ4v) is 3.76. The molecule has 1 aromatic carbocycles. The molecule has 4 heteroatoms. The van der Waals surface area contributed by atoms with Crippen LogP contribution in [0, 0.1) is 6.92 Å². The summed E-state index contributed by atoms with van der Waals surface area (Å²) in [5.74, 6) is 0.303. The molecule has 0 atom stereocenters. The molecule has 1 saturated heterocycles. The summed E-state index contributed by atoms with van der Waals surface area (Å²) in [5, 5.41) is 3.45. The van der Waals surface area contributed by atoms with Gasteiger partial charge in [0, 0.05) is 41.5 Å². The largest absolute Gasteiger partial charge is 0.380 e. The molecular weight excluding hydrogens is 304 g/mol. The highest BCUT2D eigenvalue weighted by Gasteiger charge is 2.17. The molecule has 0 aliphatic carbocycles. The SMILES string of the molecule is Cc1ccc(CNc2ccc(CCC(=O)N3CCCC3)cc2)s1. The van der Waals surface area contributed by atoms with Crippen molar-refractivity contribution < 1.29 is 4.79 Å².